The predicted octanol–water partition coefficient (Wildman–Crippen LogP) is 3.24. The van der Waals surface area contributed by atoms with E-state index in [4.69, 9.17) is 0 Å². The summed E-state index contributed by atoms with van der Waals surface area (Å²) in [6.07, 6.45) is 1.94. The molecule has 0 unspecified atom stereocenters. The number of nitrogens with one attached hydrogen (secondary N) is 3. The first-order valence-corrected chi connectivity index (χ1v) is 10.3. The molecule has 2 rings (SSSR count). The number of nitrogens with zero attached hydrogens (tertiary/aromatic N) is 1. The third kappa shape index (κ3) is 7.24. The third-order valence-corrected chi connectivity index (χ3v) is 4.89. The molecule has 154 valence electrons. The monoisotopic (exact) mass is 414 g/mol. The lowest BCUT2D eigenvalue weighted by Gasteiger charge is -2.17. The molecule has 8 heteroatoms. The van der Waals surface area contributed by atoms with Crippen molar-refractivity contribution in [2.75, 3.05) is 37.0 Å². The Morgan fingerprint density at radius 3 is 2.31 bits per heavy atom. The van der Waals surface area contributed by atoms with E-state index < -0.39 is 11.9 Å². The Kier molecular flexibility index (Phi) is 8.23. The highest BCUT2D eigenvalue weighted by molar-refractivity contribution is 7.98. The highest BCUT2D eigenvalue weighted by Gasteiger charge is 2.14. The van der Waals surface area contributed by atoms with Crippen LogP contribution in [0.5, 0.6) is 0 Å². The van der Waals surface area contributed by atoms with Crippen molar-refractivity contribution < 1.29 is 14.4 Å². The molecular formula is C21H26N4O3S. The van der Waals surface area contributed by atoms with Crippen molar-refractivity contribution in [1.82, 2.24) is 10.2 Å². The summed E-state index contributed by atoms with van der Waals surface area (Å²) in [6.45, 7) is 3.78. The van der Waals surface area contributed by atoms with Crippen molar-refractivity contribution in [1.29, 1.82) is 0 Å². The number of hydrogen-bond acceptors (Lipinski definition) is 5. The van der Waals surface area contributed by atoms with E-state index in [0.717, 1.165) is 21.7 Å². The maximum atomic E-state index is 12.2. The van der Waals surface area contributed by atoms with Crippen molar-refractivity contribution >= 4 is 41.0 Å². The number of carbonyl (C=O) groups is 3. The van der Waals surface area contributed by atoms with E-state index in [9.17, 15) is 14.4 Å². The maximum Gasteiger partial charge on any atom is 0.325 e. The average molecular weight is 415 g/mol. The topological polar surface area (TPSA) is 90.5 Å². The smallest absolute Gasteiger partial charge is 0.324 e. The van der Waals surface area contributed by atoms with E-state index >= 15 is 0 Å². The molecule has 0 aliphatic carbocycles. The van der Waals surface area contributed by atoms with E-state index in [1.165, 1.54) is 16.7 Å². The van der Waals surface area contributed by atoms with Crippen molar-refractivity contribution in [3.8, 4) is 0 Å². The molecule has 0 heterocycles. The van der Waals surface area contributed by atoms with E-state index in [1.807, 2.05) is 56.5 Å². The molecule has 0 saturated heterocycles. The fraction of sp³-hybridized carbons (Fsp3) is 0.286. The molecule has 0 fully saturated rings. The second-order valence-corrected chi connectivity index (χ2v) is 7.59. The zero-order valence-corrected chi connectivity index (χ0v) is 17.9. The lowest BCUT2D eigenvalue weighted by Crippen LogP contribution is -2.42. The Hall–Kier alpha value is -2.84. The standard InChI is InChI=1S/C21H26N4O3S/c1-14-9-10-16(15(2)11-14)23-21(28)24-20(27)13-25(3)12-19(26)22-17-7-5-6-8-18(17)29-4/h5-11H,12-13H2,1-4H3,(H,22,26)(H2,23,24,27,28). The van der Waals surface area contributed by atoms with E-state index in [-0.39, 0.29) is 19.0 Å². The van der Waals surface area contributed by atoms with Gasteiger partial charge in [-0.05, 0) is 50.9 Å². The van der Waals surface area contributed by atoms with Crippen LogP contribution in [0.1, 0.15) is 11.1 Å². The molecular weight excluding hydrogens is 388 g/mol. The number of para-hydroxylation sites is 1. The number of hydrogen-bond donors (Lipinski definition) is 3. The molecule has 0 radical (unpaired) electrons. The number of urea groups is 1. The number of rotatable bonds is 7. The van der Waals surface area contributed by atoms with Crippen molar-refractivity contribution in [2.45, 2.75) is 18.7 Å². The SMILES string of the molecule is CSc1ccccc1NC(=O)CN(C)CC(=O)NC(=O)Nc1ccc(C)cc1C. The number of imide groups is 1. The molecule has 0 bridgehead atoms. The zero-order valence-electron chi connectivity index (χ0n) is 17.0. The molecule has 0 aliphatic rings. The second-order valence-electron chi connectivity index (χ2n) is 6.74. The van der Waals surface area contributed by atoms with Gasteiger partial charge in [0.25, 0.3) is 0 Å². The number of carbonyl (C=O) groups excluding carboxylic acids is 3. The molecule has 29 heavy (non-hydrogen) atoms. The Balaban J connectivity index is 1.80. The summed E-state index contributed by atoms with van der Waals surface area (Å²) in [4.78, 5) is 38.8. The van der Waals surface area contributed by atoms with Crippen LogP contribution in [0.25, 0.3) is 0 Å². The maximum absolute atomic E-state index is 12.2. The Labute approximate surface area is 175 Å². The minimum Gasteiger partial charge on any atom is -0.324 e. The first-order chi connectivity index (χ1) is 13.8. The van der Waals surface area contributed by atoms with Gasteiger partial charge in [-0.2, -0.15) is 0 Å². The van der Waals surface area contributed by atoms with Gasteiger partial charge in [-0.1, -0.05) is 29.8 Å². The molecule has 4 amide bonds. The van der Waals surface area contributed by atoms with Crippen LogP contribution in [0.2, 0.25) is 0 Å². The number of likely N-dealkylation sites (N-methyl/N-ethyl adjacent to an activating group) is 1. The Morgan fingerprint density at radius 1 is 0.931 bits per heavy atom. The number of anilines is 2. The van der Waals surface area contributed by atoms with Crippen molar-refractivity contribution in [3.05, 3.63) is 53.6 Å². The van der Waals surface area contributed by atoms with Gasteiger partial charge < -0.3 is 10.6 Å². The van der Waals surface area contributed by atoms with E-state index in [2.05, 4.69) is 16.0 Å². The highest BCUT2D eigenvalue weighted by atomic mass is 32.2. The minimum atomic E-state index is -0.603. The van der Waals surface area contributed by atoms with Gasteiger partial charge in [0, 0.05) is 10.6 Å². The summed E-state index contributed by atoms with van der Waals surface area (Å²) in [5.41, 5.74) is 3.37. The van der Waals surface area contributed by atoms with Crippen LogP contribution < -0.4 is 16.0 Å². The van der Waals surface area contributed by atoms with Crippen LogP contribution in [-0.4, -0.2) is 49.1 Å². The summed E-state index contributed by atoms with van der Waals surface area (Å²) in [7, 11) is 1.64. The highest BCUT2D eigenvalue weighted by Crippen LogP contribution is 2.24. The molecule has 0 atom stereocenters. The summed E-state index contributed by atoms with van der Waals surface area (Å²) in [6, 6.07) is 12.5. The number of aryl methyl sites for hydroxylation is 2. The van der Waals surface area contributed by atoms with Gasteiger partial charge in [0.15, 0.2) is 0 Å². The quantitative estimate of drug-likeness (QED) is 0.605. The minimum absolute atomic E-state index is 0.0226. The van der Waals surface area contributed by atoms with Crippen molar-refractivity contribution in [2.24, 2.45) is 0 Å². The lowest BCUT2D eigenvalue weighted by atomic mass is 10.1. The third-order valence-electron chi connectivity index (χ3n) is 4.09. The van der Waals surface area contributed by atoms with Crippen LogP contribution >= 0.6 is 11.8 Å². The Bertz CT molecular complexity index is 901. The summed E-state index contributed by atoms with van der Waals surface area (Å²) < 4.78 is 0. The Morgan fingerprint density at radius 2 is 1.62 bits per heavy atom. The molecule has 2 aromatic carbocycles. The first kappa shape index (κ1) is 22.4. The number of benzene rings is 2. The molecule has 2 aromatic rings. The molecule has 0 aromatic heterocycles. The van der Waals surface area contributed by atoms with Gasteiger partial charge in [0.05, 0.1) is 18.8 Å². The fourth-order valence-electron chi connectivity index (χ4n) is 2.76. The summed E-state index contributed by atoms with van der Waals surface area (Å²) in [5.74, 6) is -0.728. The summed E-state index contributed by atoms with van der Waals surface area (Å²) >= 11 is 1.54. The molecule has 7 nitrogen and oxygen atoms in total. The van der Waals surface area contributed by atoms with Gasteiger partial charge in [-0.15, -0.1) is 11.8 Å². The van der Waals surface area contributed by atoms with Crippen molar-refractivity contribution in [3.63, 3.8) is 0 Å². The molecule has 0 saturated carbocycles. The van der Waals surface area contributed by atoms with Crippen LogP contribution in [0.4, 0.5) is 16.2 Å². The van der Waals surface area contributed by atoms with Gasteiger partial charge in [-0.25, -0.2) is 4.79 Å². The zero-order chi connectivity index (χ0) is 21.4. The second kappa shape index (κ2) is 10.6. The average Bonchev–Trinajstić information content (AvgIpc) is 2.64. The largest absolute Gasteiger partial charge is 0.325 e. The number of amides is 4. The van der Waals surface area contributed by atoms with Gasteiger partial charge in [0.1, 0.15) is 0 Å². The van der Waals surface area contributed by atoms with Crippen LogP contribution in [0, 0.1) is 13.8 Å². The van der Waals surface area contributed by atoms with Gasteiger partial charge >= 0.3 is 6.03 Å². The molecule has 0 aliphatic heterocycles. The van der Waals surface area contributed by atoms with Gasteiger partial charge in [0.2, 0.25) is 11.8 Å². The predicted molar refractivity (Wildman–Crippen MR) is 117 cm³/mol. The van der Waals surface area contributed by atoms with Crippen LogP contribution in [0.3, 0.4) is 0 Å². The molecule has 0 spiro atoms. The van der Waals surface area contributed by atoms with E-state index in [0.29, 0.717) is 5.69 Å². The normalized spacial score (nSPS) is 10.5. The van der Waals surface area contributed by atoms with E-state index in [1.54, 1.807) is 13.1 Å². The number of thioether (sulfide) groups is 1. The van der Waals surface area contributed by atoms with Crippen LogP contribution in [0.15, 0.2) is 47.4 Å². The van der Waals surface area contributed by atoms with Crippen LogP contribution in [-0.2, 0) is 9.59 Å². The fourth-order valence-corrected chi connectivity index (χ4v) is 3.31. The summed E-state index contributed by atoms with van der Waals surface area (Å²) in [5, 5.41) is 7.77. The first-order valence-electron chi connectivity index (χ1n) is 9.08. The molecule has 3 N–H and O–H groups in total. The lowest BCUT2D eigenvalue weighted by molar-refractivity contribution is -0.122. The van der Waals surface area contributed by atoms with Gasteiger partial charge in [-0.3, -0.25) is 19.8 Å².